The summed E-state index contributed by atoms with van der Waals surface area (Å²) < 4.78 is 0. The summed E-state index contributed by atoms with van der Waals surface area (Å²) in [5, 5.41) is 21.3. The van der Waals surface area contributed by atoms with Crippen LogP contribution in [0, 0.1) is 11.8 Å². The summed E-state index contributed by atoms with van der Waals surface area (Å²) in [5.41, 5.74) is 2.56. The zero-order valence-electron chi connectivity index (χ0n) is 26.4. The summed E-state index contributed by atoms with van der Waals surface area (Å²) >= 11 is 6.14. The van der Waals surface area contributed by atoms with Crippen LogP contribution in [0.3, 0.4) is 0 Å². The largest absolute Gasteiger partial charge is 0.382 e. The molecule has 0 aliphatic heterocycles. The van der Waals surface area contributed by atoms with Crippen molar-refractivity contribution in [1.82, 2.24) is 16.0 Å². The Labute approximate surface area is 277 Å². The Kier molecular flexibility index (Phi) is 12.3. The minimum Gasteiger partial charge on any atom is -0.382 e. The molecular formula is C38H46ClN3O4. The average molecular weight is 644 g/mol. The molecule has 5 rings (SSSR count). The monoisotopic (exact) mass is 643 g/mol. The molecule has 0 bridgehead atoms. The van der Waals surface area contributed by atoms with E-state index in [-0.39, 0.29) is 17.9 Å². The van der Waals surface area contributed by atoms with E-state index in [0.29, 0.717) is 17.9 Å². The molecule has 8 heteroatoms. The normalized spacial score (nSPS) is 18.2. The molecule has 4 atom stereocenters. The molecule has 244 valence electrons. The zero-order valence-corrected chi connectivity index (χ0v) is 27.1. The molecule has 4 unspecified atom stereocenters. The molecule has 0 spiro atoms. The van der Waals surface area contributed by atoms with E-state index in [2.05, 4.69) is 16.0 Å². The summed E-state index contributed by atoms with van der Waals surface area (Å²) in [7, 11) is 0. The van der Waals surface area contributed by atoms with Crippen molar-refractivity contribution in [2.75, 3.05) is 0 Å². The molecule has 2 aliphatic rings. The van der Waals surface area contributed by atoms with E-state index in [9.17, 15) is 19.5 Å². The van der Waals surface area contributed by atoms with Gasteiger partial charge in [-0.15, -0.1) is 0 Å². The fourth-order valence-corrected chi connectivity index (χ4v) is 7.07. The van der Waals surface area contributed by atoms with Crippen molar-refractivity contribution in [1.29, 1.82) is 0 Å². The Morgan fingerprint density at radius 2 is 1.28 bits per heavy atom. The molecule has 2 saturated carbocycles. The topological polar surface area (TPSA) is 108 Å². The van der Waals surface area contributed by atoms with E-state index in [0.717, 1.165) is 68.1 Å². The molecular weight excluding hydrogens is 598 g/mol. The van der Waals surface area contributed by atoms with Gasteiger partial charge >= 0.3 is 0 Å². The molecule has 3 amide bonds. The number of aliphatic hydroxyl groups excluding tert-OH is 1. The molecule has 2 aliphatic carbocycles. The molecule has 0 heterocycles. The van der Waals surface area contributed by atoms with Gasteiger partial charge in [0, 0.05) is 17.5 Å². The second kappa shape index (κ2) is 16.8. The van der Waals surface area contributed by atoms with Gasteiger partial charge in [0.2, 0.25) is 17.7 Å². The highest BCUT2D eigenvalue weighted by molar-refractivity contribution is 6.30. The van der Waals surface area contributed by atoms with E-state index >= 15 is 0 Å². The van der Waals surface area contributed by atoms with Gasteiger partial charge in [0.1, 0.15) is 12.1 Å². The number of hydrogen-bond donors (Lipinski definition) is 4. The van der Waals surface area contributed by atoms with Gasteiger partial charge in [-0.05, 0) is 54.0 Å². The molecule has 0 saturated heterocycles. The minimum atomic E-state index is -1.60. The maximum Gasteiger partial charge on any atom is 0.250 e. The zero-order chi connectivity index (χ0) is 32.3. The first-order valence-corrected chi connectivity index (χ1v) is 17.2. The van der Waals surface area contributed by atoms with E-state index in [1.807, 2.05) is 72.8 Å². The van der Waals surface area contributed by atoms with Gasteiger partial charge in [-0.2, -0.15) is 0 Å². The lowest BCUT2D eigenvalue weighted by molar-refractivity contribution is -0.142. The van der Waals surface area contributed by atoms with Crippen molar-refractivity contribution in [2.24, 2.45) is 11.8 Å². The number of amides is 3. The van der Waals surface area contributed by atoms with Gasteiger partial charge in [0.25, 0.3) is 0 Å². The smallest absolute Gasteiger partial charge is 0.250 e. The quantitative estimate of drug-likeness (QED) is 0.176. The third kappa shape index (κ3) is 9.43. The lowest BCUT2D eigenvalue weighted by Crippen LogP contribution is -2.54. The van der Waals surface area contributed by atoms with Crippen molar-refractivity contribution in [3.63, 3.8) is 0 Å². The number of hydrogen-bond acceptors (Lipinski definition) is 4. The number of rotatable bonds is 13. The van der Waals surface area contributed by atoms with Crippen LogP contribution < -0.4 is 16.0 Å². The van der Waals surface area contributed by atoms with Crippen LogP contribution in [-0.2, 0) is 20.8 Å². The number of carbonyl (C=O) groups excluding carboxylic acids is 3. The SMILES string of the molecule is O=C(NC1CCCCC1)C(Cc1ccccc1)NC(=O)C(CC1CCCC1)C(O)C(=O)NC(c1ccccc1)c1ccc(Cl)cc1. The maximum absolute atomic E-state index is 14.1. The molecule has 3 aromatic carbocycles. The van der Waals surface area contributed by atoms with Crippen LogP contribution in [0.25, 0.3) is 0 Å². The van der Waals surface area contributed by atoms with Gasteiger partial charge in [0.05, 0.1) is 12.0 Å². The van der Waals surface area contributed by atoms with Crippen molar-refractivity contribution in [2.45, 2.75) is 94.9 Å². The van der Waals surface area contributed by atoms with Crippen molar-refractivity contribution < 1.29 is 19.5 Å². The Morgan fingerprint density at radius 3 is 1.93 bits per heavy atom. The first-order valence-electron chi connectivity index (χ1n) is 16.8. The van der Waals surface area contributed by atoms with Gasteiger partial charge in [0.15, 0.2) is 0 Å². The van der Waals surface area contributed by atoms with Gasteiger partial charge in [-0.3, -0.25) is 14.4 Å². The van der Waals surface area contributed by atoms with Crippen LogP contribution in [0.15, 0.2) is 84.9 Å². The highest BCUT2D eigenvalue weighted by atomic mass is 35.5. The van der Waals surface area contributed by atoms with Crippen LogP contribution in [0.2, 0.25) is 5.02 Å². The van der Waals surface area contributed by atoms with Gasteiger partial charge < -0.3 is 21.1 Å². The number of carbonyl (C=O) groups is 3. The molecule has 2 fully saturated rings. The molecule has 7 nitrogen and oxygen atoms in total. The average Bonchev–Trinajstić information content (AvgIpc) is 3.60. The van der Waals surface area contributed by atoms with E-state index in [4.69, 9.17) is 11.6 Å². The molecule has 0 aromatic heterocycles. The number of nitrogens with one attached hydrogen (secondary N) is 3. The van der Waals surface area contributed by atoms with Crippen LogP contribution in [0.4, 0.5) is 0 Å². The molecule has 3 aromatic rings. The minimum absolute atomic E-state index is 0.0878. The predicted octanol–water partition coefficient (Wildman–Crippen LogP) is 6.28. The van der Waals surface area contributed by atoms with Gasteiger partial charge in [-0.1, -0.05) is 129 Å². The summed E-state index contributed by atoms with van der Waals surface area (Å²) in [6.07, 6.45) is 8.29. The summed E-state index contributed by atoms with van der Waals surface area (Å²) in [4.78, 5) is 41.5. The lowest BCUT2D eigenvalue weighted by Gasteiger charge is -2.30. The highest BCUT2D eigenvalue weighted by Gasteiger charge is 2.38. The summed E-state index contributed by atoms with van der Waals surface area (Å²) in [5.74, 6) is -2.12. The van der Waals surface area contributed by atoms with Crippen molar-refractivity contribution in [3.05, 3.63) is 107 Å². The number of halogens is 1. The van der Waals surface area contributed by atoms with E-state index < -0.39 is 35.9 Å². The Hall–Kier alpha value is -3.68. The fourth-order valence-electron chi connectivity index (χ4n) is 6.94. The second-order valence-corrected chi connectivity index (χ2v) is 13.4. The fraction of sp³-hybridized carbons (Fsp3) is 0.447. The highest BCUT2D eigenvalue weighted by Crippen LogP contribution is 2.32. The molecule has 0 radical (unpaired) electrons. The van der Waals surface area contributed by atoms with Gasteiger partial charge in [-0.25, -0.2) is 0 Å². The number of benzene rings is 3. The Bertz CT molecular complexity index is 1410. The van der Waals surface area contributed by atoms with Crippen LogP contribution in [0.5, 0.6) is 0 Å². The standard InChI is InChI=1S/C38H46ClN3O4/c39-30-22-20-29(21-23-30)34(28-16-6-2-7-17-28)42-38(46)35(43)32(24-26-14-10-11-15-26)36(44)41-33(25-27-12-4-1-5-13-27)37(45)40-31-18-8-3-9-19-31/h1-2,4-7,12-13,16-17,20-23,26,31-35,43H,3,8-11,14-15,18-19,24-25H2,(H,40,45)(H,41,44)(H,42,46). The van der Waals surface area contributed by atoms with Crippen molar-refractivity contribution >= 4 is 29.3 Å². The van der Waals surface area contributed by atoms with Crippen molar-refractivity contribution in [3.8, 4) is 0 Å². The number of aliphatic hydroxyl groups is 1. The van der Waals surface area contributed by atoms with Crippen LogP contribution in [-0.4, -0.2) is 41.0 Å². The first-order chi connectivity index (χ1) is 22.4. The Balaban J connectivity index is 1.36. The first kappa shape index (κ1) is 33.7. The van der Waals surface area contributed by atoms with E-state index in [1.54, 1.807) is 12.1 Å². The third-order valence-electron chi connectivity index (χ3n) is 9.54. The summed E-state index contributed by atoms with van der Waals surface area (Å²) in [6, 6.07) is 25.0. The maximum atomic E-state index is 14.1. The lowest BCUT2D eigenvalue weighted by atomic mass is 9.87. The van der Waals surface area contributed by atoms with Crippen LogP contribution in [0.1, 0.15) is 86.9 Å². The van der Waals surface area contributed by atoms with Crippen LogP contribution >= 0.6 is 11.6 Å². The second-order valence-electron chi connectivity index (χ2n) is 12.9. The molecule has 46 heavy (non-hydrogen) atoms. The third-order valence-corrected chi connectivity index (χ3v) is 9.79. The van der Waals surface area contributed by atoms with E-state index in [1.165, 1.54) is 6.42 Å². The Morgan fingerprint density at radius 1 is 0.696 bits per heavy atom. The molecule has 4 N–H and O–H groups in total. The predicted molar refractivity (Wildman–Crippen MR) is 181 cm³/mol. The summed E-state index contributed by atoms with van der Waals surface area (Å²) in [6.45, 7) is 0.